The molecule has 0 aromatic heterocycles. The summed E-state index contributed by atoms with van der Waals surface area (Å²) in [6, 6.07) is 8.52. The number of hydrogen-bond acceptors (Lipinski definition) is 5. The van der Waals surface area contributed by atoms with Gasteiger partial charge in [-0.3, -0.25) is 0 Å². The third-order valence-corrected chi connectivity index (χ3v) is 3.82. The van der Waals surface area contributed by atoms with E-state index in [2.05, 4.69) is 10.2 Å². The Balaban J connectivity index is 2.56. The second kappa shape index (κ2) is 8.77. The molecule has 0 aliphatic heterocycles. The first-order chi connectivity index (χ1) is 12.8. The third kappa shape index (κ3) is 5.37. The van der Waals surface area contributed by atoms with Gasteiger partial charge in [0.15, 0.2) is 5.75 Å². The summed E-state index contributed by atoms with van der Waals surface area (Å²) in [7, 11) is 0. The molecule has 3 N–H and O–H groups in total. The molecule has 2 aromatic carbocycles. The molecule has 0 fully saturated rings. The maximum Gasteiger partial charge on any atom is 0.420 e. The molecule has 2 rings (SSSR count). The molecular formula is C19H21F3N2O3. The molecule has 146 valence electrons. The summed E-state index contributed by atoms with van der Waals surface area (Å²) in [6.07, 6.45) is -3.17. The van der Waals surface area contributed by atoms with Crippen LogP contribution in [0.25, 0.3) is 0 Å². The fourth-order valence-corrected chi connectivity index (χ4v) is 2.39. The highest BCUT2D eigenvalue weighted by atomic mass is 19.4. The van der Waals surface area contributed by atoms with Crippen LogP contribution >= 0.6 is 0 Å². The van der Waals surface area contributed by atoms with E-state index in [0.29, 0.717) is 12.6 Å². The standard InChI is InChI=1S/C19H21F3N2O3/c1-3-4-9-24-16-11-13(18(25)27-23)10-15(19(20,21)22)17(16)26-14-7-5-12(2)6-8-14/h5-8,10-11,24H,3-4,9,23H2,1-2H3. The number of aryl methyl sites for hydroxylation is 1. The minimum absolute atomic E-state index is 0.0410. The summed E-state index contributed by atoms with van der Waals surface area (Å²) in [5.74, 6) is 3.60. The van der Waals surface area contributed by atoms with Gasteiger partial charge in [-0.2, -0.15) is 19.1 Å². The zero-order valence-corrected chi connectivity index (χ0v) is 15.0. The summed E-state index contributed by atoms with van der Waals surface area (Å²) in [5, 5.41) is 2.90. The Morgan fingerprint density at radius 1 is 1.19 bits per heavy atom. The van der Waals surface area contributed by atoms with Crippen LogP contribution in [0.15, 0.2) is 36.4 Å². The predicted octanol–water partition coefficient (Wildman–Crippen LogP) is 5.05. The quantitative estimate of drug-likeness (QED) is 0.518. The van der Waals surface area contributed by atoms with Crippen molar-refractivity contribution in [2.45, 2.75) is 32.9 Å². The Morgan fingerprint density at radius 2 is 1.85 bits per heavy atom. The molecule has 0 aliphatic carbocycles. The highest BCUT2D eigenvalue weighted by molar-refractivity contribution is 5.91. The van der Waals surface area contributed by atoms with Crippen LogP contribution in [0.2, 0.25) is 0 Å². The lowest BCUT2D eigenvalue weighted by Gasteiger charge is -2.19. The zero-order chi connectivity index (χ0) is 20.0. The van der Waals surface area contributed by atoms with E-state index in [-0.39, 0.29) is 17.0 Å². The van der Waals surface area contributed by atoms with Gasteiger partial charge in [0, 0.05) is 6.54 Å². The zero-order valence-electron chi connectivity index (χ0n) is 15.0. The van der Waals surface area contributed by atoms with Crippen LogP contribution in [0, 0.1) is 6.92 Å². The van der Waals surface area contributed by atoms with Crippen LogP contribution in [0.4, 0.5) is 18.9 Å². The van der Waals surface area contributed by atoms with Gasteiger partial charge < -0.3 is 14.9 Å². The number of rotatable bonds is 7. The Bertz CT molecular complexity index is 790. The van der Waals surface area contributed by atoms with Crippen LogP contribution < -0.4 is 16.0 Å². The maximum atomic E-state index is 13.6. The minimum atomic E-state index is -4.74. The van der Waals surface area contributed by atoms with E-state index < -0.39 is 23.5 Å². The average Bonchev–Trinajstić information content (AvgIpc) is 2.63. The van der Waals surface area contributed by atoms with Gasteiger partial charge in [-0.05, 0) is 37.6 Å². The van der Waals surface area contributed by atoms with Crippen molar-refractivity contribution in [1.82, 2.24) is 0 Å². The lowest BCUT2D eigenvalue weighted by molar-refractivity contribution is -0.138. The van der Waals surface area contributed by atoms with E-state index in [0.717, 1.165) is 18.4 Å². The van der Waals surface area contributed by atoms with E-state index >= 15 is 0 Å². The summed E-state index contributed by atoms with van der Waals surface area (Å²) in [4.78, 5) is 15.8. The lowest BCUT2D eigenvalue weighted by atomic mass is 10.1. The first kappa shape index (κ1) is 20.6. The van der Waals surface area contributed by atoms with Crippen LogP contribution in [0.5, 0.6) is 11.5 Å². The number of benzene rings is 2. The Labute approximate surface area is 155 Å². The highest BCUT2D eigenvalue weighted by Gasteiger charge is 2.37. The number of hydrogen-bond donors (Lipinski definition) is 2. The van der Waals surface area contributed by atoms with Crippen molar-refractivity contribution >= 4 is 11.7 Å². The molecule has 0 atom stereocenters. The van der Waals surface area contributed by atoms with Gasteiger partial charge in [0.25, 0.3) is 0 Å². The number of carbonyl (C=O) groups excluding carboxylic acids is 1. The van der Waals surface area contributed by atoms with Crippen molar-refractivity contribution in [3.63, 3.8) is 0 Å². The molecule has 27 heavy (non-hydrogen) atoms. The van der Waals surface area contributed by atoms with Gasteiger partial charge in [-0.25, -0.2) is 4.79 Å². The summed E-state index contributed by atoms with van der Waals surface area (Å²) < 4.78 is 46.5. The second-order valence-electron chi connectivity index (χ2n) is 6.00. The van der Waals surface area contributed by atoms with Gasteiger partial charge in [0.1, 0.15) is 11.3 Å². The van der Waals surface area contributed by atoms with Gasteiger partial charge in [-0.1, -0.05) is 31.0 Å². The molecular weight excluding hydrogens is 361 g/mol. The van der Waals surface area contributed by atoms with E-state index in [4.69, 9.17) is 10.6 Å². The molecule has 0 unspecified atom stereocenters. The number of halogens is 3. The monoisotopic (exact) mass is 382 g/mol. The van der Waals surface area contributed by atoms with Crippen molar-refractivity contribution in [3.8, 4) is 11.5 Å². The molecule has 0 aliphatic rings. The molecule has 0 amide bonds. The van der Waals surface area contributed by atoms with Gasteiger partial charge in [0.05, 0.1) is 11.3 Å². The summed E-state index contributed by atoms with van der Waals surface area (Å²) in [6.45, 7) is 4.23. The van der Waals surface area contributed by atoms with E-state index in [1.54, 1.807) is 24.3 Å². The molecule has 0 saturated carbocycles. The van der Waals surface area contributed by atoms with E-state index in [1.165, 1.54) is 6.07 Å². The SMILES string of the molecule is CCCCNc1cc(C(=O)ON)cc(C(F)(F)F)c1Oc1ccc(C)cc1. The topological polar surface area (TPSA) is 73.6 Å². The highest BCUT2D eigenvalue weighted by Crippen LogP contribution is 2.43. The second-order valence-corrected chi connectivity index (χ2v) is 6.00. The molecule has 0 heterocycles. The van der Waals surface area contributed by atoms with Crippen LogP contribution in [0.3, 0.4) is 0 Å². The molecule has 0 bridgehead atoms. The van der Waals surface area contributed by atoms with E-state index in [9.17, 15) is 18.0 Å². The van der Waals surface area contributed by atoms with Crippen molar-refractivity contribution < 1.29 is 27.5 Å². The number of anilines is 1. The average molecular weight is 382 g/mol. The first-order valence-electron chi connectivity index (χ1n) is 8.41. The minimum Gasteiger partial charge on any atom is -0.455 e. The molecule has 0 radical (unpaired) electrons. The molecule has 0 saturated heterocycles. The van der Waals surface area contributed by atoms with Crippen LogP contribution in [0.1, 0.15) is 41.3 Å². The van der Waals surface area contributed by atoms with Gasteiger partial charge >= 0.3 is 12.1 Å². The van der Waals surface area contributed by atoms with Crippen molar-refractivity contribution in [2.24, 2.45) is 5.90 Å². The molecule has 2 aromatic rings. The number of nitrogens with one attached hydrogen (secondary N) is 1. The summed E-state index contributed by atoms with van der Waals surface area (Å²) in [5.41, 5.74) is -0.426. The number of nitrogens with two attached hydrogens (primary N) is 1. The number of carbonyl (C=O) groups is 1. The Kier molecular flexibility index (Phi) is 6.68. The number of alkyl halides is 3. The Hall–Kier alpha value is -2.74. The Morgan fingerprint density at radius 3 is 2.41 bits per heavy atom. The first-order valence-corrected chi connectivity index (χ1v) is 8.41. The predicted molar refractivity (Wildman–Crippen MR) is 95.7 cm³/mol. The van der Waals surface area contributed by atoms with Crippen LogP contribution in [-0.4, -0.2) is 12.5 Å². The number of unbranched alkanes of at least 4 members (excludes halogenated alkanes) is 1. The normalized spacial score (nSPS) is 11.2. The molecule has 8 heteroatoms. The molecule has 5 nitrogen and oxygen atoms in total. The fourth-order valence-electron chi connectivity index (χ4n) is 2.39. The molecule has 0 spiro atoms. The van der Waals surface area contributed by atoms with Gasteiger partial charge in [0.2, 0.25) is 0 Å². The van der Waals surface area contributed by atoms with Crippen molar-refractivity contribution in [1.29, 1.82) is 0 Å². The summed E-state index contributed by atoms with van der Waals surface area (Å²) >= 11 is 0. The fraction of sp³-hybridized carbons (Fsp3) is 0.316. The smallest absolute Gasteiger partial charge is 0.420 e. The lowest BCUT2D eigenvalue weighted by Crippen LogP contribution is -2.15. The third-order valence-electron chi connectivity index (χ3n) is 3.82. The van der Waals surface area contributed by atoms with Gasteiger partial charge in [-0.15, -0.1) is 0 Å². The number of ether oxygens (including phenoxy) is 1. The van der Waals surface area contributed by atoms with Crippen molar-refractivity contribution in [2.75, 3.05) is 11.9 Å². The van der Waals surface area contributed by atoms with Crippen LogP contribution in [-0.2, 0) is 11.0 Å². The maximum absolute atomic E-state index is 13.6. The van der Waals surface area contributed by atoms with E-state index in [1.807, 2.05) is 13.8 Å². The largest absolute Gasteiger partial charge is 0.455 e. The van der Waals surface area contributed by atoms with Crippen molar-refractivity contribution in [3.05, 3.63) is 53.1 Å².